The molecule has 0 spiro atoms. The van der Waals surface area contributed by atoms with Crippen molar-refractivity contribution in [3.8, 4) is 17.2 Å². The van der Waals surface area contributed by atoms with Gasteiger partial charge in [-0.1, -0.05) is 32.0 Å². The quantitative estimate of drug-likeness (QED) is 0.744. The third-order valence-electron chi connectivity index (χ3n) is 5.32. The van der Waals surface area contributed by atoms with Gasteiger partial charge in [-0.25, -0.2) is 0 Å². The first-order chi connectivity index (χ1) is 13.5. The second-order valence-corrected chi connectivity index (χ2v) is 7.36. The van der Waals surface area contributed by atoms with Crippen LogP contribution in [-0.4, -0.2) is 33.8 Å². The van der Waals surface area contributed by atoms with E-state index < -0.39 is 0 Å². The zero-order chi connectivity index (χ0) is 20.3. The van der Waals surface area contributed by atoms with Crippen molar-refractivity contribution in [2.45, 2.75) is 39.0 Å². The maximum Gasteiger partial charge on any atom is 0.231 e. The topological polar surface area (TPSA) is 48.0 Å². The molecule has 1 aliphatic heterocycles. The number of amides is 1. The van der Waals surface area contributed by atoms with E-state index in [1.807, 2.05) is 17.0 Å². The molecular weight excluding hydrogens is 354 g/mol. The molecule has 3 rings (SSSR count). The molecule has 0 aromatic heterocycles. The Labute approximate surface area is 167 Å². The highest BCUT2D eigenvalue weighted by Crippen LogP contribution is 2.40. The van der Waals surface area contributed by atoms with Gasteiger partial charge in [0.15, 0.2) is 11.5 Å². The Morgan fingerprint density at radius 1 is 1.04 bits per heavy atom. The maximum absolute atomic E-state index is 13.2. The molecule has 2 aromatic carbocycles. The van der Waals surface area contributed by atoms with Crippen LogP contribution in [0.25, 0.3) is 0 Å². The maximum atomic E-state index is 13.2. The molecule has 0 radical (unpaired) electrons. The van der Waals surface area contributed by atoms with Crippen LogP contribution >= 0.6 is 0 Å². The van der Waals surface area contributed by atoms with Gasteiger partial charge in [0.2, 0.25) is 11.7 Å². The highest BCUT2D eigenvalue weighted by atomic mass is 16.5. The highest BCUT2D eigenvalue weighted by Gasteiger charge is 2.25. The van der Waals surface area contributed by atoms with Crippen LogP contribution < -0.4 is 19.1 Å². The lowest BCUT2D eigenvalue weighted by Crippen LogP contribution is -2.36. The van der Waals surface area contributed by atoms with Crippen molar-refractivity contribution in [1.29, 1.82) is 0 Å². The molecule has 0 saturated heterocycles. The summed E-state index contributed by atoms with van der Waals surface area (Å²) in [4.78, 5) is 15.1. The third kappa shape index (κ3) is 3.79. The number of carbonyl (C=O) groups is 1. The van der Waals surface area contributed by atoms with Gasteiger partial charge in [0.05, 0.1) is 27.8 Å². The monoisotopic (exact) mass is 383 g/mol. The predicted octanol–water partition coefficient (Wildman–Crippen LogP) is 4.36. The average Bonchev–Trinajstić information content (AvgIpc) is 2.72. The Morgan fingerprint density at radius 2 is 1.79 bits per heavy atom. The van der Waals surface area contributed by atoms with Gasteiger partial charge in [0, 0.05) is 17.8 Å². The Balaban J connectivity index is 1.89. The number of aryl methyl sites for hydroxylation is 1. The molecule has 0 atom stereocenters. The van der Waals surface area contributed by atoms with Crippen molar-refractivity contribution in [1.82, 2.24) is 0 Å². The minimum atomic E-state index is 0.0590. The Morgan fingerprint density at radius 3 is 2.43 bits per heavy atom. The number of methoxy groups -OCH3 is 3. The number of carbonyl (C=O) groups excluding carboxylic acids is 1. The zero-order valence-corrected chi connectivity index (χ0v) is 17.4. The fraction of sp³-hybridized carbons (Fsp3) is 0.435. The van der Waals surface area contributed by atoms with E-state index in [2.05, 4.69) is 32.0 Å². The molecule has 0 bridgehead atoms. The summed E-state index contributed by atoms with van der Waals surface area (Å²) >= 11 is 0. The number of hydrogen-bond acceptors (Lipinski definition) is 4. The third-order valence-corrected chi connectivity index (χ3v) is 5.32. The molecule has 0 saturated carbocycles. The van der Waals surface area contributed by atoms with E-state index in [0.29, 0.717) is 23.2 Å². The first-order valence-corrected chi connectivity index (χ1v) is 9.71. The van der Waals surface area contributed by atoms with Crippen LogP contribution in [0, 0.1) is 0 Å². The molecular formula is C23H29NO4. The molecule has 28 heavy (non-hydrogen) atoms. The second-order valence-electron chi connectivity index (χ2n) is 7.36. The van der Waals surface area contributed by atoms with Gasteiger partial charge in [0.1, 0.15) is 0 Å². The van der Waals surface area contributed by atoms with E-state index in [9.17, 15) is 4.79 Å². The summed E-state index contributed by atoms with van der Waals surface area (Å²) in [5, 5.41) is 0. The summed E-state index contributed by atoms with van der Waals surface area (Å²) in [6.07, 6.45) is 2.23. The Bertz CT molecular complexity index is 860. The fourth-order valence-electron chi connectivity index (χ4n) is 3.80. The molecule has 0 fully saturated rings. The lowest BCUT2D eigenvalue weighted by molar-refractivity contribution is -0.118. The SMILES string of the molecule is COc1ccc(CC(=O)N2CCCc3cc(C(C)C)ccc32)c(OC)c1OC. The molecule has 5 heteroatoms. The molecule has 1 amide bonds. The normalized spacial score (nSPS) is 13.3. The number of ether oxygens (including phenoxy) is 3. The standard InChI is InChI=1S/C23H29NO4/c1-15(2)16-8-10-19-17(13-16)7-6-12-24(19)21(25)14-18-9-11-20(26-3)23(28-5)22(18)27-4/h8-11,13,15H,6-7,12,14H2,1-5H3. The number of benzene rings is 2. The van der Waals surface area contributed by atoms with Crippen molar-refractivity contribution in [3.63, 3.8) is 0 Å². The Kier molecular flexibility index (Phi) is 6.12. The molecule has 0 unspecified atom stereocenters. The van der Waals surface area contributed by atoms with E-state index in [4.69, 9.17) is 14.2 Å². The minimum absolute atomic E-state index is 0.0590. The van der Waals surface area contributed by atoms with Gasteiger partial charge in [-0.15, -0.1) is 0 Å². The summed E-state index contributed by atoms with van der Waals surface area (Å²) < 4.78 is 16.3. The van der Waals surface area contributed by atoms with Crippen molar-refractivity contribution in [2.75, 3.05) is 32.8 Å². The van der Waals surface area contributed by atoms with E-state index in [1.54, 1.807) is 21.3 Å². The fourth-order valence-corrected chi connectivity index (χ4v) is 3.80. The smallest absolute Gasteiger partial charge is 0.231 e. The molecule has 2 aromatic rings. The van der Waals surface area contributed by atoms with Crippen LogP contribution in [0.1, 0.15) is 42.9 Å². The van der Waals surface area contributed by atoms with Crippen LogP contribution in [-0.2, 0) is 17.6 Å². The number of anilines is 1. The molecule has 1 heterocycles. The number of fused-ring (bicyclic) bond motifs is 1. The van der Waals surface area contributed by atoms with Crippen molar-refractivity contribution >= 4 is 11.6 Å². The van der Waals surface area contributed by atoms with Crippen LogP contribution in [0.5, 0.6) is 17.2 Å². The van der Waals surface area contributed by atoms with Gasteiger partial charge >= 0.3 is 0 Å². The first kappa shape index (κ1) is 20.1. The molecule has 5 nitrogen and oxygen atoms in total. The van der Waals surface area contributed by atoms with Crippen LogP contribution in [0.4, 0.5) is 5.69 Å². The summed E-state index contributed by atoms with van der Waals surface area (Å²) in [6, 6.07) is 10.1. The van der Waals surface area contributed by atoms with Gasteiger partial charge in [-0.3, -0.25) is 4.79 Å². The molecule has 0 aliphatic carbocycles. The summed E-state index contributed by atoms with van der Waals surface area (Å²) in [5.74, 6) is 2.18. The molecule has 150 valence electrons. The summed E-state index contributed by atoms with van der Waals surface area (Å²) in [6.45, 7) is 5.12. The minimum Gasteiger partial charge on any atom is -0.493 e. The van der Waals surface area contributed by atoms with Crippen LogP contribution in [0.3, 0.4) is 0 Å². The zero-order valence-electron chi connectivity index (χ0n) is 17.4. The molecule has 0 N–H and O–H groups in total. The van der Waals surface area contributed by atoms with Gasteiger partial charge in [-0.05, 0) is 42.0 Å². The molecule has 1 aliphatic rings. The van der Waals surface area contributed by atoms with Gasteiger partial charge in [0.25, 0.3) is 0 Å². The predicted molar refractivity (Wildman–Crippen MR) is 111 cm³/mol. The van der Waals surface area contributed by atoms with Crippen molar-refractivity contribution < 1.29 is 19.0 Å². The Hall–Kier alpha value is -2.69. The highest BCUT2D eigenvalue weighted by molar-refractivity contribution is 5.96. The van der Waals surface area contributed by atoms with E-state index in [0.717, 1.165) is 30.6 Å². The summed E-state index contributed by atoms with van der Waals surface area (Å²) in [7, 11) is 4.73. The second kappa shape index (κ2) is 8.55. The van der Waals surface area contributed by atoms with Crippen molar-refractivity contribution in [2.24, 2.45) is 0 Å². The number of nitrogens with zero attached hydrogens (tertiary/aromatic N) is 1. The van der Waals surface area contributed by atoms with E-state index in [-0.39, 0.29) is 12.3 Å². The largest absolute Gasteiger partial charge is 0.493 e. The van der Waals surface area contributed by atoms with Gasteiger partial charge in [-0.2, -0.15) is 0 Å². The number of hydrogen-bond donors (Lipinski definition) is 0. The first-order valence-electron chi connectivity index (χ1n) is 9.71. The summed E-state index contributed by atoms with van der Waals surface area (Å²) in [5.41, 5.74) is 4.39. The van der Waals surface area contributed by atoms with Gasteiger partial charge < -0.3 is 19.1 Å². The van der Waals surface area contributed by atoms with Crippen LogP contribution in [0.15, 0.2) is 30.3 Å². The van der Waals surface area contributed by atoms with Crippen LogP contribution in [0.2, 0.25) is 0 Å². The lowest BCUT2D eigenvalue weighted by atomic mass is 9.94. The lowest BCUT2D eigenvalue weighted by Gasteiger charge is -2.30. The van der Waals surface area contributed by atoms with E-state index in [1.165, 1.54) is 11.1 Å². The average molecular weight is 383 g/mol. The van der Waals surface area contributed by atoms with Crippen molar-refractivity contribution in [3.05, 3.63) is 47.0 Å². The van der Waals surface area contributed by atoms with E-state index >= 15 is 0 Å². The number of rotatable bonds is 6.